The van der Waals surface area contributed by atoms with Gasteiger partial charge in [0.2, 0.25) is 0 Å². The van der Waals surface area contributed by atoms with E-state index in [9.17, 15) is 0 Å². The summed E-state index contributed by atoms with van der Waals surface area (Å²) >= 11 is 0. The molecule has 26 rings (SSSR count). The maximum atomic E-state index is 6.18. The van der Waals surface area contributed by atoms with Gasteiger partial charge in [-0.25, -0.2) is 29.9 Å². The highest BCUT2D eigenvalue weighted by Gasteiger charge is 2.37. The summed E-state index contributed by atoms with van der Waals surface area (Å²) in [6.45, 7) is 4.68. The molecule has 9 heteroatoms. The zero-order chi connectivity index (χ0) is 86.3. The molecule has 0 amide bonds. The van der Waals surface area contributed by atoms with Crippen molar-refractivity contribution in [2.24, 2.45) is 0 Å². The van der Waals surface area contributed by atoms with Gasteiger partial charge in [-0.05, 0) is 198 Å². The van der Waals surface area contributed by atoms with E-state index in [1.165, 1.54) is 38.6 Å². The minimum atomic E-state index is -0.144. The molecule has 0 saturated carbocycles. The molecule has 1 aliphatic carbocycles. The summed E-state index contributed by atoms with van der Waals surface area (Å²) in [5, 5.41) is 9.36. The predicted octanol–water partition coefficient (Wildman–Crippen LogP) is 32.4. The second kappa shape index (κ2) is 31.8. The van der Waals surface area contributed by atoms with E-state index in [0.29, 0.717) is 0 Å². The van der Waals surface area contributed by atoms with Gasteiger partial charge in [-0.2, -0.15) is 0 Å². The van der Waals surface area contributed by atoms with Gasteiger partial charge >= 0.3 is 0 Å². The molecule has 19 aromatic carbocycles. The van der Waals surface area contributed by atoms with Crippen LogP contribution in [0.2, 0.25) is 0 Å². The fourth-order valence-electron chi connectivity index (χ4n) is 19.2. The first-order valence-corrected chi connectivity index (χ1v) is 44.0. The van der Waals surface area contributed by atoms with Crippen molar-refractivity contribution in [1.82, 2.24) is 29.9 Å². The monoisotopic (exact) mass is 1660 g/mol. The number of rotatable bonds is 11. The van der Waals surface area contributed by atoms with Crippen LogP contribution in [0.3, 0.4) is 0 Å². The summed E-state index contributed by atoms with van der Waals surface area (Å²) in [6.07, 6.45) is 0. The second-order valence-electron chi connectivity index (χ2n) is 33.8. The van der Waals surface area contributed by atoms with Crippen molar-refractivity contribution in [2.45, 2.75) is 19.3 Å². The van der Waals surface area contributed by atoms with E-state index in [1.54, 1.807) is 0 Å². The highest BCUT2D eigenvalue weighted by atomic mass is 16.3. The number of hydrogen-bond acceptors (Lipinski definition) is 9. The molecule has 0 N–H and O–H groups in total. The maximum Gasteiger partial charge on any atom is 0.136 e. The summed E-state index contributed by atoms with van der Waals surface area (Å²) in [5.74, 6) is 0. The van der Waals surface area contributed by atoms with Crippen molar-refractivity contribution in [2.75, 3.05) is 0 Å². The van der Waals surface area contributed by atoms with Crippen LogP contribution >= 0.6 is 0 Å². The van der Waals surface area contributed by atoms with Gasteiger partial charge < -0.3 is 13.3 Å². The first kappa shape index (κ1) is 76.5. The fraction of sp³-hybridized carbons (Fsp3) is 0.0248. The molecule has 6 aromatic heterocycles. The van der Waals surface area contributed by atoms with Crippen molar-refractivity contribution in [3.8, 4) is 134 Å². The largest absolute Gasteiger partial charge is 0.456 e. The quantitative estimate of drug-likeness (QED) is 0.125. The van der Waals surface area contributed by atoms with Crippen LogP contribution in [-0.2, 0) is 5.41 Å². The lowest BCUT2D eigenvalue weighted by Gasteiger charge is -2.22. The first-order chi connectivity index (χ1) is 64.2. The zero-order valence-corrected chi connectivity index (χ0v) is 71.0. The van der Waals surface area contributed by atoms with Crippen LogP contribution < -0.4 is 0 Å². The molecule has 0 saturated heterocycles. The van der Waals surface area contributed by atoms with Gasteiger partial charge in [0.15, 0.2) is 0 Å². The number of furan rings is 3. The van der Waals surface area contributed by atoms with E-state index in [-0.39, 0.29) is 5.41 Å². The average molecular weight is 1660 g/mol. The molecule has 610 valence electrons. The van der Waals surface area contributed by atoms with Crippen molar-refractivity contribution in [3.63, 3.8) is 0 Å². The topological polar surface area (TPSA) is 117 Å². The molecule has 6 heterocycles. The lowest BCUT2D eigenvalue weighted by molar-refractivity contribution is 0.661. The molecule has 9 nitrogen and oxygen atoms in total. The van der Waals surface area contributed by atoms with E-state index in [0.717, 1.165) is 217 Å². The number of nitrogens with zero attached hydrogens (tertiary/aromatic N) is 6. The number of fused-ring (bicyclic) bond motifs is 16. The Kier molecular flexibility index (Phi) is 18.7. The Morgan fingerprint density at radius 2 is 0.438 bits per heavy atom. The third-order valence-electron chi connectivity index (χ3n) is 25.6. The second-order valence-corrected chi connectivity index (χ2v) is 33.8. The molecule has 0 spiro atoms. The van der Waals surface area contributed by atoms with E-state index < -0.39 is 0 Å². The fourth-order valence-corrected chi connectivity index (χ4v) is 19.2. The Morgan fingerprint density at radius 1 is 0.169 bits per heavy atom. The van der Waals surface area contributed by atoms with Gasteiger partial charge in [-0.15, -0.1) is 0 Å². The average Bonchev–Trinajstić information content (AvgIpc) is 1.60. The minimum Gasteiger partial charge on any atom is -0.456 e. The predicted molar refractivity (Wildman–Crippen MR) is 535 cm³/mol. The van der Waals surface area contributed by atoms with Gasteiger partial charge in [-0.1, -0.05) is 341 Å². The molecular formula is C121H78N6O3. The normalized spacial score (nSPS) is 12.1. The molecule has 0 radical (unpaired) electrons. The molecule has 130 heavy (non-hydrogen) atoms. The Bertz CT molecular complexity index is 8770. The summed E-state index contributed by atoms with van der Waals surface area (Å²) in [7, 11) is 0. The van der Waals surface area contributed by atoms with Crippen LogP contribution in [-0.4, -0.2) is 29.9 Å². The van der Waals surface area contributed by atoms with Crippen LogP contribution in [0.4, 0.5) is 0 Å². The van der Waals surface area contributed by atoms with Crippen molar-refractivity contribution in [3.05, 3.63) is 448 Å². The standard InChI is InChI=1S/C45H30N2O.2C38H24N2O/c1-45(2)36-26-31(22-23-33(36)35-24-29-10-3-4-11-30(29)25-37(35)45)44-43(46-38-14-6-7-15-39(38)47-44)28-20-18-27(19-21-28)32-13-9-17-41-42(32)34-12-5-8-16-40(34)48-41;1-2-11-25(12-3-1)37-38(40-33-20-6-5-19-32(33)39-37)29-16-9-14-27(24-29)26-13-8-15-28(23-26)30-18-10-22-35-36(30)31-17-4-7-21-34(31)41-35;1-2-10-25(11-3-1)28-12-8-13-29(24-28)38-37(39-32-16-5-6-17-33(32)40-38)27-22-20-26(21-23-27)30-15-9-19-35-36(30)31-14-4-7-18-34(31)41-35/h3-26H,1-2H3;2*1-24H. The number of benzene rings is 19. The van der Waals surface area contributed by atoms with Crippen molar-refractivity contribution in [1.29, 1.82) is 0 Å². The van der Waals surface area contributed by atoms with Crippen LogP contribution in [0, 0.1) is 0 Å². The Hall–Kier alpha value is -17.1. The lowest BCUT2D eigenvalue weighted by Crippen LogP contribution is -2.15. The van der Waals surface area contributed by atoms with Crippen molar-refractivity contribution >= 4 is 110 Å². The SMILES string of the molecule is CC1(C)c2cc(-c3nc4ccccc4nc3-c3ccc(-c4cccc5oc6ccccc6c45)cc3)ccc2-c2cc3ccccc3cc21.c1ccc(-c2cccc(-c3nc4ccccc4nc3-c3ccc(-c4cccc5oc6ccccc6c45)cc3)c2)cc1.c1ccc(-c2nc3ccccc3nc2-c2cccc(-c3cccc(-c4cccc5oc6ccccc6c45)c3)c2)cc1. The smallest absolute Gasteiger partial charge is 0.136 e. The van der Waals surface area contributed by atoms with E-state index in [2.05, 4.69) is 299 Å². The molecule has 0 unspecified atom stereocenters. The third kappa shape index (κ3) is 13.7. The van der Waals surface area contributed by atoms with Gasteiger partial charge in [0.25, 0.3) is 0 Å². The Balaban J connectivity index is 0.000000109. The Morgan fingerprint density at radius 3 is 0.862 bits per heavy atom. The summed E-state index contributed by atoms with van der Waals surface area (Å²) in [6, 6.07) is 152. The minimum absolute atomic E-state index is 0.144. The van der Waals surface area contributed by atoms with Gasteiger partial charge in [0.05, 0.1) is 67.3 Å². The Labute approximate surface area is 749 Å². The van der Waals surface area contributed by atoms with Crippen LogP contribution in [0.5, 0.6) is 0 Å². The first-order valence-electron chi connectivity index (χ1n) is 44.0. The highest BCUT2D eigenvalue weighted by Crippen LogP contribution is 2.52. The summed E-state index contributed by atoms with van der Waals surface area (Å²) in [4.78, 5) is 30.9. The molecule has 0 aliphatic heterocycles. The number of hydrogen-bond donors (Lipinski definition) is 0. The van der Waals surface area contributed by atoms with E-state index in [1.807, 2.05) is 152 Å². The van der Waals surface area contributed by atoms with Gasteiger partial charge in [-0.3, -0.25) is 0 Å². The molecular weight excluding hydrogens is 1590 g/mol. The lowest BCUT2D eigenvalue weighted by atomic mass is 9.81. The van der Waals surface area contributed by atoms with Crippen LogP contribution in [0.25, 0.3) is 244 Å². The number of aromatic nitrogens is 6. The van der Waals surface area contributed by atoms with Crippen LogP contribution in [0.1, 0.15) is 25.0 Å². The third-order valence-corrected chi connectivity index (χ3v) is 25.6. The summed E-state index contributed by atoms with van der Waals surface area (Å²) in [5.41, 5.74) is 38.9. The molecule has 0 atom stereocenters. The van der Waals surface area contributed by atoms with E-state index in [4.69, 9.17) is 43.2 Å². The summed E-state index contributed by atoms with van der Waals surface area (Å²) < 4.78 is 18.5. The molecule has 25 aromatic rings. The molecule has 0 bridgehead atoms. The number of para-hydroxylation sites is 9. The highest BCUT2D eigenvalue weighted by molar-refractivity contribution is 6.15. The van der Waals surface area contributed by atoms with Gasteiger partial charge in [0, 0.05) is 71.1 Å². The maximum absolute atomic E-state index is 6.18. The van der Waals surface area contributed by atoms with Gasteiger partial charge in [0.1, 0.15) is 33.5 Å². The van der Waals surface area contributed by atoms with Crippen molar-refractivity contribution < 1.29 is 13.3 Å². The zero-order valence-electron chi connectivity index (χ0n) is 71.0. The van der Waals surface area contributed by atoms with E-state index >= 15 is 0 Å². The molecule has 1 aliphatic rings. The molecule has 0 fully saturated rings. The van der Waals surface area contributed by atoms with Crippen LogP contribution in [0.15, 0.2) is 450 Å².